The van der Waals surface area contributed by atoms with Gasteiger partial charge in [-0.2, -0.15) is 0 Å². The number of rotatable bonds is 4. The van der Waals surface area contributed by atoms with Gasteiger partial charge in [-0.05, 0) is 60.1 Å². The van der Waals surface area contributed by atoms with Crippen molar-refractivity contribution in [3.05, 3.63) is 50.8 Å². The number of H-pyrrole nitrogens is 1. The fraction of sp³-hybridized carbons (Fsp3) is 0.188. The van der Waals surface area contributed by atoms with Crippen molar-refractivity contribution in [2.75, 3.05) is 0 Å². The average Bonchev–Trinajstić information content (AvgIpc) is 3.03. The van der Waals surface area contributed by atoms with Gasteiger partial charge in [0.25, 0.3) is 0 Å². The largest absolute Gasteiger partial charge is 0.491 e. The molecule has 1 aromatic carbocycles. The van der Waals surface area contributed by atoms with E-state index in [0.29, 0.717) is 5.56 Å². The number of ketones is 1. The molecule has 0 spiro atoms. The number of nitrogens with one attached hydrogen (secondary N) is 1. The smallest absolute Gasteiger partial charge is 0.205 e. The topological polar surface area (TPSA) is 42.1 Å². The minimum atomic E-state index is 0.0265. The second kappa shape index (κ2) is 5.66. The third-order valence-electron chi connectivity index (χ3n) is 3.07. The normalized spacial score (nSPS) is 11.2. The first-order valence-corrected chi connectivity index (χ1v) is 8.23. The predicted molar refractivity (Wildman–Crippen MR) is 89.5 cm³/mol. The van der Waals surface area contributed by atoms with Crippen LogP contribution in [0.15, 0.2) is 40.3 Å². The Kier molecular flexibility index (Phi) is 3.87. The molecule has 21 heavy (non-hydrogen) atoms. The molecule has 0 atom stereocenters. The van der Waals surface area contributed by atoms with Gasteiger partial charge in [0, 0.05) is 22.7 Å². The maximum Gasteiger partial charge on any atom is 0.205 e. The van der Waals surface area contributed by atoms with Gasteiger partial charge in [-0.25, -0.2) is 0 Å². The van der Waals surface area contributed by atoms with Gasteiger partial charge >= 0.3 is 0 Å². The van der Waals surface area contributed by atoms with Crippen LogP contribution in [-0.4, -0.2) is 16.9 Å². The van der Waals surface area contributed by atoms with E-state index in [-0.39, 0.29) is 11.9 Å². The van der Waals surface area contributed by atoms with Crippen molar-refractivity contribution in [2.45, 2.75) is 20.0 Å². The molecule has 0 saturated carbocycles. The lowest BCUT2D eigenvalue weighted by Crippen LogP contribution is -2.05. The number of carbonyl (C=O) groups is 1. The van der Waals surface area contributed by atoms with Crippen molar-refractivity contribution in [1.82, 2.24) is 4.98 Å². The lowest BCUT2D eigenvalue weighted by Gasteiger charge is -2.09. The van der Waals surface area contributed by atoms with E-state index in [1.54, 1.807) is 6.20 Å². The molecule has 0 bridgehead atoms. The van der Waals surface area contributed by atoms with Crippen LogP contribution < -0.4 is 4.74 Å². The first-order valence-electron chi connectivity index (χ1n) is 6.62. The van der Waals surface area contributed by atoms with E-state index in [2.05, 4.69) is 20.9 Å². The number of aromatic amines is 1. The molecule has 3 aromatic rings. The summed E-state index contributed by atoms with van der Waals surface area (Å²) in [6, 6.07) is 9.50. The second-order valence-electron chi connectivity index (χ2n) is 5.01. The number of ether oxygens (including phenoxy) is 1. The highest BCUT2D eigenvalue weighted by Gasteiger charge is 2.16. The van der Waals surface area contributed by atoms with Gasteiger partial charge in [0.15, 0.2) is 0 Å². The molecule has 3 rings (SSSR count). The molecule has 0 fully saturated rings. The number of fused-ring (bicyclic) bond motifs is 1. The summed E-state index contributed by atoms with van der Waals surface area (Å²) in [5, 5.41) is 0.891. The molecule has 1 N–H and O–H groups in total. The molecule has 3 nitrogen and oxygen atoms in total. The average molecular weight is 364 g/mol. The first kappa shape index (κ1) is 14.4. The number of hydrogen-bond acceptors (Lipinski definition) is 3. The summed E-state index contributed by atoms with van der Waals surface area (Å²) in [6.07, 6.45) is 1.87. The third kappa shape index (κ3) is 2.89. The summed E-state index contributed by atoms with van der Waals surface area (Å²) in [5.74, 6) is 0.803. The first-order chi connectivity index (χ1) is 10.0. The van der Waals surface area contributed by atoms with E-state index < -0.39 is 0 Å². The standard InChI is InChI=1S/C16H14BrNO2S/c1-9(2)20-10-3-4-13-11(7-10)12(8-18-13)16(19)14-5-6-15(17)21-14/h3-9,18H,1-2H3. The van der Waals surface area contributed by atoms with E-state index in [9.17, 15) is 4.79 Å². The monoisotopic (exact) mass is 363 g/mol. The highest BCUT2D eigenvalue weighted by molar-refractivity contribution is 9.11. The Balaban J connectivity index is 2.04. The summed E-state index contributed by atoms with van der Waals surface area (Å²) in [7, 11) is 0. The van der Waals surface area contributed by atoms with Crippen LogP contribution in [0.3, 0.4) is 0 Å². The molecule has 0 aliphatic rings. The maximum atomic E-state index is 12.6. The number of aromatic nitrogens is 1. The van der Waals surface area contributed by atoms with Crippen LogP contribution in [-0.2, 0) is 0 Å². The van der Waals surface area contributed by atoms with Gasteiger partial charge in [0.1, 0.15) is 5.75 Å². The minimum absolute atomic E-state index is 0.0265. The molecule has 2 aromatic heterocycles. The van der Waals surface area contributed by atoms with Crippen molar-refractivity contribution in [2.24, 2.45) is 0 Å². The molecule has 0 aliphatic carbocycles. The van der Waals surface area contributed by atoms with Gasteiger partial charge in [-0.15, -0.1) is 11.3 Å². The molecule has 0 amide bonds. The molecular formula is C16H14BrNO2S. The Morgan fingerprint density at radius 2 is 2.10 bits per heavy atom. The second-order valence-corrected chi connectivity index (χ2v) is 7.47. The molecule has 0 saturated heterocycles. The Morgan fingerprint density at radius 3 is 2.76 bits per heavy atom. The van der Waals surface area contributed by atoms with Crippen LogP contribution in [0.25, 0.3) is 10.9 Å². The minimum Gasteiger partial charge on any atom is -0.491 e. The van der Waals surface area contributed by atoms with Crippen LogP contribution in [0.4, 0.5) is 0 Å². The van der Waals surface area contributed by atoms with E-state index in [1.165, 1.54) is 11.3 Å². The van der Waals surface area contributed by atoms with Crippen LogP contribution in [0.1, 0.15) is 29.1 Å². The van der Waals surface area contributed by atoms with Crippen molar-refractivity contribution < 1.29 is 9.53 Å². The Labute approximate surface area is 135 Å². The number of hydrogen-bond donors (Lipinski definition) is 1. The molecule has 5 heteroatoms. The van der Waals surface area contributed by atoms with Gasteiger partial charge in [-0.3, -0.25) is 4.79 Å². The summed E-state index contributed by atoms with van der Waals surface area (Å²) in [6.45, 7) is 3.97. The predicted octanol–water partition coefficient (Wildman–Crippen LogP) is 5.01. The summed E-state index contributed by atoms with van der Waals surface area (Å²) >= 11 is 4.83. The van der Waals surface area contributed by atoms with Crippen molar-refractivity contribution >= 4 is 44.0 Å². The highest BCUT2D eigenvalue weighted by Crippen LogP contribution is 2.29. The molecule has 2 heterocycles. The number of halogens is 1. The fourth-order valence-corrected chi connectivity index (χ4v) is 3.54. The van der Waals surface area contributed by atoms with Crippen LogP contribution in [0, 0.1) is 0 Å². The Bertz CT molecular complexity index is 804. The summed E-state index contributed by atoms with van der Waals surface area (Å²) < 4.78 is 6.66. The van der Waals surface area contributed by atoms with E-state index >= 15 is 0 Å². The Morgan fingerprint density at radius 1 is 1.29 bits per heavy atom. The molecular weight excluding hydrogens is 350 g/mol. The third-order valence-corrected chi connectivity index (χ3v) is 4.69. The van der Waals surface area contributed by atoms with Gasteiger partial charge in [0.05, 0.1) is 14.8 Å². The lowest BCUT2D eigenvalue weighted by atomic mass is 10.1. The van der Waals surface area contributed by atoms with E-state index in [1.807, 2.05) is 44.2 Å². The summed E-state index contributed by atoms with van der Waals surface area (Å²) in [5.41, 5.74) is 1.61. The highest BCUT2D eigenvalue weighted by atomic mass is 79.9. The number of thiophene rings is 1. The van der Waals surface area contributed by atoms with Gasteiger partial charge in [-0.1, -0.05) is 0 Å². The Hall–Kier alpha value is -1.59. The molecule has 0 radical (unpaired) electrons. The van der Waals surface area contributed by atoms with Crippen LogP contribution >= 0.6 is 27.3 Å². The molecule has 0 unspecified atom stereocenters. The lowest BCUT2D eigenvalue weighted by molar-refractivity contribution is 0.104. The number of carbonyl (C=O) groups excluding carboxylic acids is 1. The zero-order chi connectivity index (χ0) is 15.0. The van der Waals surface area contributed by atoms with E-state index in [4.69, 9.17) is 4.74 Å². The summed E-state index contributed by atoms with van der Waals surface area (Å²) in [4.78, 5) is 16.5. The zero-order valence-corrected chi connectivity index (χ0v) is 14.0. The van der Waals surface area contributed by atoms with Crippen molar-refractivity contribution in [3.63, 3.8) is 0 Å². The van der Waals surface area contributed by atoms with Gasteiger partial charge in [0.2, 0.25) is 5.78 Å². The SMILES string of the molecule is CC(C)Oc1ccc2[nH]cc(C(=O)c3ccc(Br)s3)c2c1. The molecule has 108 valence electrons. The molecule has 0 aliphatic heterocycles. The zero-order valence-electron chi connectivity index (χ0n) is 11.6. The maximum absolute atomic E-state index is 12.6. The fourth-order valence-electron chi connectivity index (χ4n) is 2.20. The quantitative estimate of drug-likeness (QED) is 0.662. The van der Waals surface area contributed by atoms with Crippen molar-refractivity contribution in [3.8, 4) is 5.75 Å². The number of benzene rings is 1. The van der Waals surface area contributed by atoms with Crippen LogP contribution in [0.2, 0.25) is 0 Å². The van der Waals surface area contributed by atoms with Crippen LogP contribution in [0.5, 0.6) is 5.75 Å². The van der Waals surface area contributed by atoms with E-state index in [0.717, 1.165) is 25.3 Å². The van der Waals surface area contributed by atoms with Gasteiger partial charge < -0.3 is 9.72 Å². The van der Waals surface area contributed by atoms with Crippen molar-refractivity contribution in [1.29, 1.82) is 0 Å².